The molecule has 17 heavy (non-hydrogen) atoms. The molecule has 0 radical (unpaired) electrons. The van der Waals surface area contributed by atoms with Gasteiger partial charge < -0.3 is 10.0 Å². The maximum Gasteiger partial charge on any atom is 0.337 e. The smallest absolute Gasteiger partial charge is 0.337 e. The van der Waals surface area contributed by atoms with Crippen LogP contribution in [0, 0.1) is 6.92 Å². The average molecular weight is 235 g/mol. The Morgan fingerprint density at radius 3 is 2.29 bits per heavy atom. The molecule has 0 unspecified atom stereocenters. The van der Waals surface area contributed by atoms with Gasteiger partial charge in [-0.05, 0) is 31.9 Å². The zero-order chi connectivity index (χ0) is 12.8. The molecule has 0 aromatic heterocycles. The van der Waals surface area contributed by atoms with Crippen molar-refractivity contribution in [1.29, 1.82) is 0 Å². The summed E-state index contributed by atoms with van der Waals surface area (Å²) in [5.74, 6) is -0.846. The Bertz CT molecular complexity index is 382. The van der Waals surface area contributed by atoms with E-state index in [0.29, 0.717) is 5.56 Å². The molecule has 0 spiro atoms. The van der Waals surface area contributed by atoms with Crippen molar-refractivity contribution in [3.8, 4) is 0 Å². The van der Waals surface area contributed by atoms with Gasteiger partial charge in [0.15, 0.2) is 0 Å². The first-order valence-corrected chi connectivity index (χ1v) is 6.19. The van der Waals surface area contributed by atoms with Crippen LogP contribution in [0.4, 0.5) is 5.69 Å². The summed E-state index contributed by atoms with van der Waals surface area (Å²) >= 11 is 0. The largest absolute Gasteiger partial charge is 0.478 e. The van der Waals surface area contributed by atoms with Crippen LogP contribution in [-0.2, 0) is 0 Å². The molecular formula is C14H21NO2. The minimum absolute atomic E-state index is 0.409. The van der Waals surface area contributed by atoms with Crippen LogP contribution >= 0.6 is 0 Å². The summed E-state index contributed by atoms with van der Waals surface area (Å²) in [5.41, 5.74) is 2.23. The molecule has 3 heteroatoms. The van der Waals surface area contributed by atoms with Crippen molar-refractivity contribution in [1.82, 2.24) is 0 Å². The first-order chi connectivity index (χ1) is 8.10. The molecule has 1 aromatic rings. The topological polar surface area (TPSA) is 40.5 Å². The van der Waals surface area contributed by atoms with Gasteiger partial charge in [-0.1, -0.05) is 25.5 Å². The fourth-order valence-electron chi connectivity index (χ4n) is 1.99. The van der Waals surface area contributed by atoms with Crippen molar-refractivity contribution in [2.24, 2.45) is 0 Å². The molecule has 0 fully saturated rings. The standard InChI is InChI=1S/C14H21NO2/c1-4-8-15(9-5-2)13-7-6-11(3)10-12(13)14(16)17/h6-7,10H,4-5,8-9H2,1-3H3,(H,16,17). The molecule has 1 N–H and O–H groups in total. The second-order valence-electron chi connectivity index (χ2n) is 4.31. The molecule has 94 valence electrons. The molecule has 1 rings (SSSR count). The first kappa shape index (κ1) is 13.6. The van der Waals surface area contributed by atoms with Crippen molar-refractivity contribution >= 4 is 11.7 Å². The van der Waals surface area contributed by atoms with Gasteiger partial charge in [0.1, 0.15) is 0 Å². The van der Waals surface area contributed by atoms with E-state index in [1.807, 2.05) is 19.1 Å². The highest BCUT2D eigenvalue weighted by molar-refractivity contribution is 5.94. The van der Waals surface area contributed by atoms with Crippen LogP contribution < -0.4 is 4.90 Å². The number of rotatable bonds is 6. The predicted molar refractivity (Wildman–Crippen MR) is 70.9 cm³/mol. The maximum absolute atomic E-state index is 11.3. The highest BCUT2D eigenvalue weighted by Gasteiger charge is 2.15. The SMILES string of the molecule is CCCN(CCC)c1ccc(C)cc1C(=O)O. The van der Waals surface area contributed by atoms with E-state index < -0.39 is 5.97 Å². The van der Waals surface area contributed by atoms with E-state index >= 15 is 0 Å². The Morgan fingerprint density at radius 1 is 1.24 bits per heavy atom. The normalized spacial score (nSPS) is 10.3. The Morgan fingerprint density at radius 2 is 1.82 bits per heavy atom. The van der Waals surface area contributed by atoms with Gasteiger partial charge in [0.2, 0.25) is 0 Å². The summed E-state index contributed by atoms with van der Waals surface area (Å²) in [6.07, 6.45) is 2.04. The molecule has 1 aromatic carbocycles. The van der Waals surface area contributed by atoms with E-state index in [1.165, 1.54) is 0 Å². The Kier molecular flexibility index (Phi) is 5.01. The van der Waals surface area contributed by atoms with Crippen molar-refractivity contribution in [3.63, 3.8) is 0 Å². The maximum atomic E-state index is 11.3. The van der Waals surface area contributed by atoms with Gasteiger partial charge in [0.25, 0.3) is 0 Å². The Hall–Kier alpha value is -1.51. The molecule has 0 aliphatic rings. The molecule has 0 amide bonds. The van der Waals surface area contributed by atoms with Crippen molar-refractivity contribution in [2.75, 3.05) is 18.0 Å². The lowest BCUT2D eigenvalue weighted by Crippen LogP contribution is -2.26. The number of hydrogen-bond acceptors (Lipinski definition) is 2. The molecular weight excluding hydrogens is 214 g/mol. The minimum atomic E-state index is -0.846. The van der Waals surface area contributed by atoms with Crippen LogP contribution in [0.5, 0.6) is 0 Å². The number of carboxylic acid groups (broad SMARTS) is 1. The number of aromatic carboxylic acids is 1. The fourth-order valence-corrected chi connectivity index (χ4v) is 1.99. The van der Waals surface area contributed by atoms with Crippen LogP contribution in [-0.4, -0.2) is 24.2 Å². The van der Waals surface area contributed by atoms with E-state index in [0.717, 1.165) is 37.2 Å². The van der Waals surface area contributed by atoms with Crippen LogP contribution in [0.15, 0.2) is 18.2 Å². The lowest BCUT2D eigenvalue weighted by molar-refractivity contribution is 0.0697. The number of carboxylic acids is 1. The van der Waals surface area contributed by atoms with E-state index in [1.54, 1.807) is 6.07 Å². The van der Waals surface area contributed by atoms with Crippen LogP contribution in [0.25, 0.3) is 0 Å². The molecule has 0 saturated heterocycles. The Labute approximate surface area is 103 Å². The summed E-state index contributed by atoms with van der Waals surface area (Å²) in [7, 11) is 0. The van der Waals surface area contributed by atoms with E-state index in [2.05, 4.69) is 18.7 Å². The third-order valence-corrected chi connectivity index (χ3v) is 2.71. The molecule has 0 aliphatic carbocycles. The van der Waals surface area contributed by atoms with E-state index in [9.17, 15) is 9.90 Å². The molecule has 0 bridgehead atoms. The number of hydrogen-bond donors (Lipinski definition) is 1. The van der Waals surface area contributed by atoms with Gasteiger partial charge in [-0.3, -0.25) is 0 Å². The predicted octanol–water partition coefficient (Wildman–Crippen LogP) is 3.32. The highest BCUT2D eigenvalue weighted by atomic mass is 16.4. The molecule has 3 nitrogen and oxygen atoms in total. The van der Waals surface area contributed by atoms with Gasteiger partial charge in [-0.15, -0.1) is 0 Å². The average Bonchev–Trinajstić information content (AvgIpc) is 2.28. The van der Waals surface area contributed by atoms with Crippen LogP contribution in [0.2, 0.25) is 0 Å². The lowest BCUT2D eigenvalue weighted by atomic mass is 10.1. The van der Waals surface area contributed by atoms with Gasteiger partial charge in [-0.25, -0.2) is 4.79 Å². The molecule has 0 saturated carbocycles. The minimum Gasteiger partial charge on any atom is -0.478 e. The monoisotopic (exact) mass is 235 g/mol. The summed E-state index contributed by atoms with van der Waals surface area (Å²) in [6, 6.07) is 5.64. The zero-order valence-electron chi connectivity index (χ0n) is 10.9. The second-order valence-corrected chi connectivity index (χ2v) is 4.31. The fraction of sp³-hybridized carbons (Fsp3) is 0.500. The quantitative estimate of drug-likeness (QED) is 0.822. The number of benzene rings is 1. The molecule has 0 atom stereocenters. The van der Waals surface area contributed by atoms with E-state index in [-0.39, 0.29) is 0 Å². The van der Waals surface area contributed by atoms with Gasteiger partial charge in [0.05, 0.1) is 11.3 Å². The lowest BCUT2D eigenvalue weighted by Gasteiger charge is -2.25. The summed E-state index contributed by atoms with van der Waals surface area (Å²) < 4.78 is 0. The highest BCUT2D eigenvalue weighted by Crippen LogP contribution is 2.22. The third kappa shape index (κ3) is 3.48. The molecule has 0 heterocycles. The third-order valence-electron chi connectivity index (χ3n) is 2.71. The van der Waals surface area contributed by atoms with Crippen molar-refractivity contribution in [3.05, 3.63) is 29.3 Å². The number of aryl methyl sites for hydroxylation is 1. The summed E-state index contributed by atoms with van der Waals surface area (Å²) in [4.78, 5) is 13.4. The van der Waals surface area contributed by atoms with Crippen LogP contribution in [0.1, 0.15) is 42.6 Å². The van der Waals surface area contributed by atoms with E-state index in [4.69, 9.17) is 0 Å². The van der Waals surface area contributed by atoms with Crippen LogP contribution in [0.3, 0.4) is 0 Å². The summed E-state index contributed by atoms with van der Waals surface area (Å²) in [6.45, 7) is 7.93. The molecule has 0 aliphatic heterocycles. The summed E-state index contributed by atoms with van der Waals surface area (Å²) in [5, 5.41) is 9.25. The van der Waals surface area contributed by atoms with Gasteiger partial charge in [-0.2, -0.15) is 0 Å². The zero-order valence-corrected chi connectivity index (χ0v) is 10.9. The Balaban J connectivity index is 3.12. The number of nitrogens with zero attached hydrogens (tertiary/aromatic N) is 1. The van der Waals surface area contributed by atoms with Crippen molar-refractivity contribution in [2.45, 2.75) is 33.6 Å². The second kappa shape index (κ2) is 6.28. The van der Waals surface area contributed by atoms with Gasteiger partial charge >= 0.3 is 5.97 Å². The number of carbonyl (C=O) groups is 1. The first-order valence-electron chi connectivity index (χ1n) is 6.19. The van der Waals surface area contributed by atoms with Gasteiger partial charge in [0, 0.05) is 13.1 Å². The number of anilines is 1. The van der Waals surface area contributed by atoms with Crippen molar-refractivity contribution < 1.29 is 9.90 Å².